The van der Waals surface area contributed by atoms with Crippen molar-refractivity contribution in [2.75, 3.05) is 4.90 Å². The molecule has 1 fully saturated rings. The van der Waals surface area contributed by atoms with Crippen LogP contribution in [0.4, 0.5) is 10.5 Å². The van der Waals surface area contributed by atoms with Crippen molar-refractivity contribution in [2.24, 2.45) is 5.92 Å². The maximum Gasteiger partial charge on any atom is 0.329 e. The summed E-state index contributed by atoms with van der Waals surface area (Å²) in [7, 11) is 0. The van der Waals surface area contributed by atoms with Crippen molar-refractivity contribution in [3.05, 3.63) is 60.6 Å². The van der Waals surface area contributed by atoms with Gasteiger partial charge < -0.3 is 10.6 Å². The number of aromatic nitrogens is 3. The fraction of sp³-hybridized carbons (Fsp3) is 0.348. The second kappa shape index (κ2) is 9.17. The zero-order valence-electron chi connectivity index (χ0n) is 18.1. The fourth-order valence-electron chi connectivity index (χ4n) is 3.89. The molecule has 2 atom stereocenters. The number of carbonyl (C=O) groups excluding carboxylic acids is 3. The molecule has 1 aromatic carbocycles. The third-order valence-corrected chi connectivity index (χ3v) is 5.39. The van der Waals surface area contributed by atoms with Crippen molar-refractivity contribution in [1.29, 1.82) is 0 Å². The summed E-state index contributed by atoms with van der Waals surface area (Å²) in [5, 5.41) is 14.2. The van der Waals surface area contributed by atoms with E-state index >= 15 is 0 Å². The van der Waals surface area contributed by atoms with Crippen molar-refractivity contribution in [2.45, 2.75) is 45.2 Å². The Kier molecular flexibility index (Phi) is 6.16. The van der Waals surface area contributed by atoms with Crippen molar-refractivity contribution in [1.82, 2.24) is 25.2 Å². The number of carbonyl (C=O) groups is 3. The highest BCUT2D eigenvalue weighted by Gasteiger charge is 2.39. The van der Waals surface area contributed by atoms with Gasteiger partial charge in [0.25, 0.3) is 5.91 Å². The number of hydrogen-bond donors (Lipinski definition) is 2. The van der Waals surface area contributed by atoms with Crippen molar-refractivity contribution in [3.8, 4) is 0 Å². The molecule has 9 nitrogen and oxygen atoms in total. The molecule has 0 spiro atoms. The summed E-state index contributed by atoms with van der Waals surface area (Å²) in [6, 6.07) is 12.9. The number of amides is 4. The molecular weight excluding hydrogens is 408 g/mol. The van der Waals surface area contributed by atoms with E-state index in [9.17, 15) is 14.4 Å². The molecule has 4 rings (SSSR count). The molecule has 0 saturated carbocycles. The number of urea groups is 1. The lowest BCUT2D eigenvalue weighted by molar-refractivity contribution is -0.122. The van der Waals surface area contributed by atoms with Gasteiger partial charge in [0.05, 0.1) is 11.7 Å². The Balaban J connectivity index is 1.41. The van der Waals surface area contributed by atoms with Gasteiger partial charge in [-0.2, -0.15) is 0 Å². The third-order valence-electron chi connectivity index (χ3n) is 5.39. The van der Waals surface area contributed by atoms with E-state index in [1.807, 2.05) is 34.9 Å². The molecule has 0 radical (unpaired) electrons. The quantitative estimate of drug-likeness (QED) is 0.530. The zero-order chi connectivity index (χ0) is 22.7. The van der Waals surface area contributed by atoms with Gasteiger partial charge in [-0.3, -0.25) is 14.0 Å². The van der Waals surface area contributed by atoms with Crippen LogP contribution in [-0.2, 0) is 9.59 Å². The van der Waals surface area contributed by atoms with E-state index in [4.69, 9.17) is 0 Å². The first-order chi connectivity index (χ1) is 15.4. The van der Waals surface area contributed by atoms with Gasteiger partial charge in [0.15, 0.2) is 11.5 Å². The van der Waals surface area contributed by atoms with Crippen LogP contribution in [-0.4, -0.2) is 38.5 Å². The van der Waals surface area contributed by atoms with E-state index in [0.29, 0.717) is 29.5 Å². The van der Waals surface area contributed by atoms with Crippen LogP contribution < -0.4 is 15.5 Å². The minimum absolute atomic E-state index is 0.102. The highest BCUT2D eigenvalue weighted by molar-refractivity contribution is 6.21. The number of pyridine rings is 1. The lowest BCUT2D eigenvalue weighted by atomic mass is 10.0. The summed E-state index contributed by atoms with van der Waals surface area (Å²) in [5.74, 6) is 0.439. The van der Waals surface area contributed by atoms with Gasteiger partial charge in [0.2, 0.25) is 5.91 Å². The molecule has 0 bridgehead atoms. The lowest BCUT2D eigenvalue weighted by Gasteiger charge is -2.19. The molecule has 3 heterocycles. The Morgan fingerprint density at radius 2 is 1.84 bits per heavy atom. The number of nitrogens with zero attached hydrogens (tertiary/aromatic N) is 4. The minimum atomic E-state index is -0.731. The Labute approximate surface area is 185 Å². The van der Waals surface area contributed by atoms with Crippen LogP contribution in [0.15, 0.2) is 54.7 Å². The van der Waals surface area contributed by atoms with Crippen LogP contribution in [0.25, 0.3) is 5.65 Å². The number of nitrogens with one attached hydrogen (secondary N) is 2. The predicted octanol–water partition coefficient (Wildman–Crippen LogP) is 2.84. The number of fused-ring (bicyclic) bond motifs is 1. The Bertz CT molecular complexity index is 1130. The first kappa shape index (κ1) is 21.5. The topological polar surface area (TPSA) is 109 Å². The number of hydrogen-bond acceptors (Lipinski definition) is 5. The maximum absolute atomic E-state index is 12.8. The third kappa shape index (κ3) is 4.46. The number of imide groups is 1. The number of anilines is 1. The van der Waals surface area contributed by atoms with Gasteiger partial charge in [-0.25, -0.2) is 9.69 Å². The van der Waals surface area contributed by atoms with E-state index in [1.54, 1.807) is 24.3 Å². The first-order valence-electron chi connectivity index (χ1n) is 10.7. The SMILES string of the molecule is CC(C)CC(NC(=O)CCC1NC(=O)N(c2ccccc2)C1=O)c1nnc2ccccn12. The predicted molar refractivity (Wildman–Crippen MR) is 119 cm³/mol. The molecule has 3 aromatic rings. The second-order valence-corrected chi connectivity index (χ2v) is 8.29. The second-order valence-electron chi connectivity index (χ2n) is 8.29. The molecule has 1 saturated heterocycles. The van der Waals surface area contributed by atoms with Crippen LogP contribution in [0.2, 0.25) is 0 Å². The van der Waals surface area contributed by atoms with Crippen LogP contribution in [0, 0.1) is 5.92 Å². The van der Waals surface area contributed by atoms with Crippen LogP contribution in [0.1, 0.15) is 45.0 Å². The van der Waals surface area contributed by atoms with Gasteiger partial charge in [-0.1, -0.05) is 38.1 Å². The van der Waals surface area contributed by atoms with E-state index in [-0.39, 0.29) is 30.7 Å². The molecule has 166 valence electrons. The molecule has 2 N–H and O–H groups in total. The van der Waals surface area contributed by atoms with Crippen molar-refractivity contribution >= 4 is 29.2 Å². The van der Waals surface area contributed by atoms with Gasteiger partial charge >= 0.3 is 6.03 Å². The van der Waals surface area contributed by atoms with Gasteiger partial charge in [0, 0.05) is 12.6 Å². The average Bonchev–Trinajstić information content (AvgIpc) is 3.32. The van der Waals surface area contributed by atoms with Crippen LogP contribution >= 0.6 is 0 Å². The minimum Gasteiger partial charge on any atom is -0.346 e. The van der Waals surface area contributed by atoms with Crippen LogP contribution in [0.3, 0.4) is 0 Å². The summed E-state index contributed by atoms with van der Waals surface area (Å²) in [5.41, 5.74) is 1.23. The normalized spacial score (nSPS) is 17.1. The Hall–Kier alpha value is -3.75. The van der Waals surface area contributed by atoms with E-state index < -0.39 is 12.1 Å². The molecule has 2 unspecified atom stereocenters. The standard InChI is InChI=1S/C23H26N6O3/c1-15(2)14-18(21-27-26-19-10-6-7-13-28(19)21)24-20(30)12-11-17-22(31)29(23(32)25-17)16-8-4-3-5-9-16/h3-10,13,15,17-18H,11-12,14H2,1-2H3,(H,24,30)(H,25,32). The molecule has 32 heavy (non-hydrogen) atoms. The monoisotopic (exact) mass is 434 g/mol. The van der Waals surface area contributed by atoms with Gasteiger partial charge in [-0.05, 0) is 43.0 Å². The Morgan fingerprint density at radius 3 is 2.59 bits per heavy atom. The van der Waals surface area contributed by atoms with E-state index in [0.717, 1.165) is 4.90 Å². The molecular formula is C23H26N6O3. The molecule has 9 heteroatoms. The highest BCUT2D eigenvalue weighted by Crippen LogP contribution is 2.23. The van der Waals surface area contributed by atoms with Gasteiger partial charge in [0.1, 0.15) is 6.04 Å². The number of rotatable bonds is 8. The first-order valence-corrected chi connectivity index (χ1v) is 10.7. The van der Waals surface area contributed by atoms with E-state index in [2.05, 4.69) is 34.7 Å². The van der Waals surface area contributed by atoms with Crippen LogP contribution in [0.5, 0.6) is 0 Å². The molecule has 0 aliphatic carbocycles. The van der Waals surface area contributed by atoms with Crippen molar-refractivity contribution in [3.63, 3.8) is 0 Å². The molecule has 4 amide bonds. The van der Waals surface area contributed by atoms with Gasteiger partial charge in [-0.15, -0.1) is 10.2 Å². The summed E-state index contributed by atoms with van der Waals surface area (Å²) >= 11 is 0. The average molecular weight is 435 g/mol. The van der Waals surface area contributed by atoms with E-state index in [1.165, 1.54) is 0 Å². The molecule has 1 aliphatic rings. The highest BCUT2D eigenvalue weighted by atomic mass is 16.2. The maximum atomic E-state index is 12.8. The Morgan fingerprint density at radius 1 is 1.09 bits per heavy atom. The summed E-state index contributed by atoms with van der Waals surface area (Å²) in [6.07, 6.45) is 2.89. The summed E-state index contributed by atoms with van der Waals surface area (Å²) in [6.45, 7) is 4.15. The fourth-order valence-corrected chi connectivity index (χ4v) is 3.89. The number of benzene rings is 1. The zero-order valence-corrected chi connectivity index (χ0v) is 18.1. The summed E-state index contributed by atoms with van der Waals surface area (Å²) < 4.78 is 1.87. The lowest BCUT2D eigenvalue weighted by Crippen LogP contribution is -2.34. The number of para-hydroxylation sites is 1. The largest absolute Gasteiger partial charge is 0.346 e. The molecule has 2 aromatic heterocycles. The smallest absolute Gasteiger partial charge is 0.329 e. The van der Waals surface area contributed by atoms with Crippen molar-refractivity contribution < 1.29 is 14.4 Å². The molecule has 1 aliphatic heterocycles. The summed E-state index contributed by atoms with van der Waals surface area (Å²) in [4.78, 5) is 38.9.